The summed E-state index contributed by atoms with van der Waals surface area (Å²) >= 11 is 0. The second-order valence-electron chi connectivity index (χ2n) is 12.9. The molecule has 158 valence electrons. The minimum atomic E-state index is 0.517. The van der Waals surface area contributed by atoms with Gasteiger partial charge in [0.2, 0.25) is 0 Å². The molecule has 1 aromatic carbocycles. The van der Waals surface area contributed by atoms with Gasteiger partial charge >= 0.3 is 0 Å². The van der Waals surface area contributed by atoms with E-state index in [1.165, 1.54) is 58.0 Å². The van der Waals surface area contributed by atoms with Crippen LogP contribution in [-0.2, 0) is 5.41 Å². The van der Waals surface area contributed by atoms with Gasteiger partial charge in [0.1, 0.15) is 0 Å². The number of likely N-dealkylation sites (tertiary alicyclic amines) is 1. The molecule has 1 aromatic rings. The average Bonchev–Trinajstić information content (AvgIpc) is 2.83. The first-order chi connectivity index (χ1) is 13.8. The van der Waals surface area contributed by atoms with Crippen molar-refractivity contribution in [2.75, 3.05) is 13.1 Å². The molecule has 1 nitrogen and oxygen atoms in total. The van der Waals surface area contributed by atoms with Crippen molar-refractivity contribution < 1.29 is 0 Å². The van der Waals surface area contributed by atoms with Gasteiger partial charge in [0.05, 0.1) is 0 Å². The second-order valence-corrected chi connectivity index (χ2v) is 12.9. The van der Waals surface area contributed by atoms with Crippen molar-refractivity contribution in [1.29, 1.82) is 0 Å². The highest BCUT2D eigenvalue weighted by atomic mass is 15.2. The average molecular weight is 392 g/mol. The highest BCUT2D eigenvalue weighted by Gasteiger charge is 2.60. The van der Waals surface area contributed by atoms with Gasteiger partial charge < -0.3 is 0 Å². The molecular weight excluding hydrogens is 350 g/mol. The van der Waals surface area contributed by atoms with Crippen molar-refractivity contribution in [3.63, 3.8) is 0 Å². The fourth-order valence-corrected chi connectivity index (χ4v) is 9.62. The van der Waals surface area contributed by atoms with Crippen LogP contribution in [0.25, 0.3) is 0 Å². The Balaban J connectivity index is 1.26. The largest absolute Gasteiger partial charge is 0.300 e. The molecule has 5 saturated carbocycles. The van der Waals surface area contributed by atoms with E-state index in [1.807, 2.05) is 0 Å². The number of benzene rings is 1. The zero-order valence-corrected chi connectivity index (χ0v) is 19.2. The number of rotatable bonds is 3. The van der Waals surface area contributed by atoms with Gasteiger partial charge in [-0.1, -0.05) is 51.1 Å². The Bertz CT molecular complexity index is 765. The van der Waals surface area contributed by atoms with E-state index in [-0.39, 0.29) is 0 Å². The number of nitrogens with zero attached hydrogens (tertiary/aromatic N) is 1. The summed E-state index contributed by atoms with van der Waals surface area (Å²) < 4.78 is 0. The van der Waals surface area contributed by atoms with Crippen molar-refractivity contribution in [1.82, 2.24) is 4.90 Å². The van der Waals surface area contributed by atoms with E-state index in [4.69, 9.17) is 0 Å². The predicted molar refractivity (Wildman–Crippen MR) is 121 cm³/mol. The van der Waals surface area contributed by atoms with E-state index in [0.717, 1.165) is 35.6 Å². The van der Waals surface area contributed by atoms with Crippen LogP contribution in [0.3, 0.4) is 0 Å². The number of piperidine rings is 1. The van der Waals surface area contributed by atoms with Gasteiger partial charge in [-0.3, -0.25) is 4.90 Å². The Labute approximate surface area is 178 Å². The maximum atomic E-state index is 2.98. The summed E-state index contributed by atoms with van der Waals surface area (Å²) in [7, 11) is 0. The van der Waals surface area contributed by atoms with E-state index in [2.05, 4.69) is 62.9 Å². The fourth-order valence-electron chi connectivity index (χ4n) is 9.62. The third-order valence-electron chi connectivity index (χ3n) is 11.5. The normalized spacial score (nSPS) is 48.8. The molecule has 6 bridgehead atoms. The van der Waals surface area contributed by atoms with Crippen LogP contribution >= 0.6 is 0 Å². The standard InChI is InChI=1S/C28H41N/c1-19(29-17-24-10-11-27(4,18-29)26(24,2)3)25-21-12-20-13-22(25)16-28(14-20,15-21)23-8-6-5-7-9-23/h5-9,19-22,24-25H,10-18H2,1-4H3/t19-,20?,21-,22-,24+,25?,27+,28?/m0/s1. The SMILES string of the molecule is C[C@@H](C1[C@H]2CC3C[C@H]1CC(c1ccccc1)(C3)C2)N1C[C@H]2CC[C@](C)(C1)C2(C)C. The lowest BCUT2D eigenvalue weighted by Crippen LogP contribution is -2.61. The Kier molecular flexibility index (Phi) is 3.99. The predicted octanol–water partition coefficient (Wildman–Crippen LogP) is 6.53. The van der Waals surface area contributed by atoms with E-state index in [1.54, 1.807) is 5.56 Å². The van der Waals surface area contributed by atoms with Crippen molar-refractivity contribution in [3.05, 3.63) is 35.9 Å². The summed E-state index contributed by atoms with van der Waals surface area (Å²) in [5.41, 5.74) is 3.24. The summed E-state index contributed by atoms with van der Waals surface area (Å²) in [6, 6.07) is 12.4. The fraction of sp³-hybridized carbons (Fsp3) is 0.786. The molecule has 6 fully saturated rings. The minimum absolute atomic E-state index is 0.517. The lowest BCUT2D eigenvalue weighted by atomic mass is 9.44. The van der Waals surface area contributed by atoms with E-state index in [0.29, 0.717) is 16.2 Å². The Morgan fingerprint density at radius 3 is 2.31 bits per heavy atom. The molecule has 0 amide bonds. The number of hydrogen-bond donors (Lipinski definition) is 0. The smallest absolute Gasteiger partial charge is 0.0101 e. The maximum absolute atomic E-state index is 2.98. The van der Waals surface area contributed by atoms with Gasteiger partial charge in [-0.2, -0.15) is 0 Å². The van der Waals surface area contributed by atoms with E-state index in [9.17, 15) is 0 Å². The lowest BCUT2D eigenvalue weighted by molar-refractivity contribution is -0.109. The molecule has 0 aromatic heterocycles. The zero-order valence-electron chi connectivity index (χ0n) is 19.2. The third-order valence-corrected chi connectivity index (χ3v) is 11.5. The number of fused-ring (bicyclic) bond motifs is 2. The lowest BCUT2D eigenvalue weighted by Gasteiger charge is -2.63. The Hall–Kier alpha value is -0.820. The topological polar surface area (TPSA) is 3.24 Å². The zero-order chi connectivity index (χ0) is 20.0. The first kappa shape index (κ1) is 18.9. The molecule has 29 heavy (non-hydrogen) atoms. The molecular formula is C28H41N. The van der Waals surface area contributed by atoms with E-state index < -0.39 is 0 Å². The molecule has 0 spiro atoms. The summed E-state index contributed by atoms with van der Waals surface area (Å²) in [5.74, 6) is 4.81. The molecule has 6 aliphatic rings. The van der Waals surface area contributed by atoms with Crippen molar-refractivity contribution in [3.8, 4) is 0 Å². The quantitative estimate of drug-likeness (QED) is 0.566. The maximum Gasteiger partial charge on any atom is 0.0101 e. The van der Waals surface area contributed by atoms with Crippen LogP contribution in [0.1, 0.15) is 78.2 Å². The van der Waals surface area contributed by atoms with Gasteiger partial charge in [0, 0.05) is 19.1 Å². The van der Waals surface area contributed by atoms with Crippen LogP contribution < -0.4 is 0 Å². The van der Waals surface area contributed by atoms with Gasteiger partial charge in [0.15, 0.2) is 0 Å². The summed E-state index contributed by atoms with van der Waals surface area (Å²) in [6.07, 6.45) is 10.4. The Morgan fingerprint density at radius 2 is 1.66 bits per heavy atom. The van der Waals surface area contributed by atoms with Crippen LogP contribution in [-0.4, -0.2) is 24.0 Å². The molecule has 1 heteroatoms. The van der Waals surface area contributed by atoms with E-state index >= 15 is 0 Å². The van der Waals surface area contributed by atoms with Gasteiger partial charge in [0.25, 0.3) is 0 Å². The first-order valence-electron chi connectivity index (χ1n) is 12.6. The summed E-state index contributed by atoms with van der Waals surface area (Å²) in [4.78, 5) is 2.98. The minimum Gasteiger partial charge on any atom is -0.300 e. The molecule has 5 atom stereocenters. The molecule has 0 radical (unpaired) electrons. The molecule has 5 aliphatic carbocycles. The molecule has 7 rings (SSSR count). The summed E-state index contributed by atoms with van der Waals surface area (Å²) in [6.45, 7) is 13.1. The number of hydrogen-bond acceptors (Lipinski definition) is 1. The summed E-state index contributed by atoms with van der Waals surface area (Å²) in [5, 5.41) is 0. The van der Waals surface area contributed by atoms with Crippen LogP contribution in [0.5, 0.6) is 0 Å². The van der Waals surface area contributed by atoms with Crippen molar-refractivity contribution in [2.45, 2.75) is 84.1 Å². The van der Waals surface area contributed by atoms with Crippen molar-refractivity contribution in [2.24, 2.45) is 40.4 Å². The molecule has 0 unspecified atom stereocenters. The molecule has 1 saturated heterocycles. The molecule has 0 N–H and O–H groups in total. The van der Waals surface area contributed by atoms with Crippen LogP contribution in [0, 0.1) is 40.4 Å². The second kappa shape index (κ2) is 6.12. The van der Waals surface area contributed by atoms with Gasteiger partial charge in [-0.05, 0) is 103 Å². The van der Waals surface area contributed by atoms with Crippen molar-refractivity contribution >= 4 is 0 Å². The highest BCUT2D eigenvalue weighted by Crippen LogP contribution is 2.65. The monoisotopic (exact) mass is 391 g/mol. The molecule has 1 aliphatic heterocycles. The Morgan fingerprint density at radius 1 is 0.966 bits per heavy atom. The van der Waals surface area contributed by atoms with Gasteiger partial charge in [-0.15, -0.1) is 0 Å². The highest BCUT2D eigenvalue weighted by molar-refractivity contribution is 5.30. The first-order valence-corrected chi connectivity index (χ1v) is 12.6. The van der Waals surface area contributed by atoms with Crippen LogP contribution in [0.2, 0.25) is 0 Å². The molecule has 1 heterocycles. The van der Waals surface area contributed by atoms with Crippen LogP contribution in [0.4, 0.5) is 0 Å². The van der Waals surface area contributed by atoms with Gasteiger partial charge in [-0.25, -0.2) is 0 Å². The van der Waals surface area contributed by atoms with Crippen LogP contribution in [0.15, 0.2) is 30.3 Å². The third kappa shape index (κ3) is 2.55.